The van der Waals surface area contributed by atoms with Crippen LogP contribution in [0.3, 0.4) is 0 Å². The largest absolute Gasteiger partial charge is 0.338 e. The van der Waals surface area contributed by atoms with Crippen molar-refractivity contribution in [2.45, 2.75) is 52.0 Å². The van der Waals surface area contributed by atoms with E-state index in [0.29, 0.717) is 5.92 Å². The number of rotatable bonds is 4. The lowest BCUT2D eigenvalue weighted by Gasteiger charge is -2.23. The second-order valence-electron chi connectivity index (χ2n) is 7.30. The number of hydrogen-bond donors (Lipinski definition) is 2. The molecule has 1 heterocycles. The topological polar surface area (TPSA) is 44.4 Å². The van der Waals surface area contributed by atoms with Crippen molar-refractivity contribution in [1.82, 2.24) is 10.2 Å². The zero-order valence-electron chi connectivity index (χ0n) is 14.4. The maximum absolute atomic E-state index is 12.1. The maximum Gasteiger partial charge on any atom is 0.319 e. The van der Waals surface area contributed by atoms with Crippen LogP contribution in [0.25, 0.3) is 0 Å². The molecule has 2 N–H and O–H groups in total. The number of likely N-dealkylation sites (tertiary alicyclic amines) is 1. The molecule has 3 rings (SSSR count). The molecule has 1 aromatic carbocycles. The number of amides is 2. The van der Waals surface area contributed by atoms with Crippen LogP contribution in [-0.4, -0.2) is 36.6 Å². The SMILES string of the molecule is Cc1cc(C)cc(NC(=O)NC[C@H]2CCN(C3CCCC3)C2)c1. The normalized spacial score (nSPS) is 22.4. The molecule has 2 fully saturated rings. The average molecular weight is 315 g/mol. The molecule has 23 heavy (non-hydrogen) atoms. The van der Waals surface area contributed by atoms with E-state index in [1.807, 2.05) is 26.0 Å². The molecule has 0 radical (unpaired) electrons. The van der Waals surface area contributed by atoms with E-state index < -0.39 is 0 Å². The van der Waals surface area contributed by atoms with E-state index in [9.17, 15) is 4.79 Å². The predicted molar refractivity (Wildman–Crippen MR) is 94.9 cm³/mol. The van der Waals surface area contributed by atoms with Gasteiger partial charge >= 0.3 is 6.03 Å². The summed E-state index contributed by atoms with van der Waals surface area (Å²) < 4.78 is 0. The van der Waals surface area contributed by atoms with Gasteiger partial charge in [0.05, 0.1) is 0 Å². The van der Waals surface area contributed by atoms with Crippen molar-refractivity contribution in [3.8, 4) is 0 Å². The number of nitrogens with one attached hydrogen (secondary N) is 2. The quantitative estimate of drug-likeness (QED) is 0.890. The summed E-state index contributed by atoms with van der Waals surface area (Å²) in [6.07, 6.45) is 6.73. The Balaban J connectivity index is 1.42. The van der Waals surface area contributed by atoms with Crippen LogP contribution < -0.4 is 10.6 Å². The van der Waals surface area contributed by atoms with Crippen LogP contribution in [0.2, 0.25) is 0 Å². The van der Waals surface area contributed by atoms with Gasteiger partial charge in [-0.15, -0.1) is 0 Å². The summed E-state index contributed by atoms with van der Waals surface area (Å²) in [5, 5.41) is 6.00. The van der Waals surface area contributed by atoms with Crippen LogP contribution >= 0.6 is 0 Å². The number of hydrogen-bond acceptors (Lipinski definition) is 2. The van der Waals surface area contributed by atoms with E-state index in [1.165, 1.54) is 49.8 Å². The number of aryl methyl sites for hydroxylation is 2. The molecule has 1 saturated carbocycles. The molecule has 4 nitrogen and oxygen atoms in total. The molecule has 4 heteroatoms. The van der Waals surface area contributed by atoms with Crippen molar-refractivity contribution in [2.24, 2.45) is 5.92 Å². The van der Waals surface area contributed by atoms with Gasteiger partial charge in [0.15, 0.2) is 0 Å². The van der Waals surface area contributed by atoms with E-state index >= 15 is 0 Å². The Labute approximate surface area is 139 Å². The van der Waals surface area contributed by atoms with Crippen LogP contribution in [0.4, 0.5) is 10.5 Å². The minimum atomic E-state index is -0.0886. The molecule has 2 amide bonds. The van der Waals surface area contributed by atoms with Gasteiger partial charge < -0.3 is 15.5 Å². The van der Waals surface area contributed by atoms with Crippen molar-refractivity contribution in [3.63, 3.8) is 0 Å². The molecule has 1 aromatic rings. The first-order valence-corrected chi connectivity index (χ1v) is 8.97. The van der Waals surface area contributed by atoms with E-state index in [4.69, 9.17) is 0 Å². The van der Waals surface area contributed by atoms with Crippen molar-refractivity contribution < 1.29 is 4.79 Å². The zero-order chi connectivity index (χ0) is 16.2. The lowest BCUT2D eigenvalue weighted by molar-refractivity contribution is 0.234. The first-order valence-electron chi connectivity index (χ1n) is 8.97. The highest BCUT2D eigenvalue weighted by Crippen LogP contribution is 2.28. The van der Waals surface area contributed by atoms with Gasteiger partial charge in [0, 0.05) is 24.8 Å². The van der Waals surface area contributed by atoms with Gasteiger partial charge in [-0.3, -0.25) is 0 Å². The van der Waals surface area contributed by atoms with Crippen LogP contribution in [0, 0.1) is 19.8 Å². The predicted octanol–water partition coefficient (Wildman–Crippen LogP) is 3.69. The summed E-state index contributed by atoms with van der Waals surface area (Å²) in [7, 11) is 0. The molecule has 1 aliphatic carbocycles. The van der Waals surface area contributed by atoms with Crippen molar-refractivity contribution >= 4 is 11.7 Å². The highest BCUT2D eigenvalue weighted by molar-refractivity contribution is 5.89. The Morgan fingerprint density at radius 3 is 2.52 bits per heavy atom. The van der Waals surface area contributed by atoms with E-state index in [1.54, 1.807) is 0 Å². The molecule has 1 saturated heterocycles. The summed E-state index contributed by atoms with van der Waals surface area (Å²) in [5.41, 5.74) is 3.21. The average Bonchev–Trinajstić information content (AvgIpc) is 3.15. The van der Waals surface area contributed by atoms with Crippen molar-refractivity contribution in [3.05, 3.63) is 29.3 Å². The molecule has 0 spiro atoms. The molecule has 0 unspecified atom stereocenters. The fourth-order valence-electron chi connectivity index (χ4n) is 4.09. The second kappa shape index (κ2) is 7.35. The highest BCUT2D eigenvalue weighted by Gasteiger charge is 2.29. The van der Waals surface area contributed by atoms with Crippen molar-refractivity contribution in [1.29, 1.82) is 0 Å². The Hall–Kier alpha value is -1.55. The minimum absolute atomic E-state index is 0.0886. The fraction of sp³-hybridized carbons (Fsp3) is 0.632. The second-order valence-corrected chi connectivity index (χ2v) is 7.30. The zero-order valence-corrected chi connectivity index (χ0v) is 14.4. The van der Waals surface area contributed by atoms with Crippen LogP contribution in [0.5, 0.6) is 0 Å². The lowest BCUT2D eigenvalue weighted by atomic mass is 10.1. The highest BCUT2D eigenvalue weighted by atomic mass is 16.2. The van der Waals surface area contributed by atoms with Gasteiger partial charge in [-0.25, -0.2) is 4.79 Å². The van der Waals surface area contributed by atoms with Crippen LogP contribution in [-0.2, 0) is 0 Å². The fourth-order valence-corrected chi connectivity index (χ4v) is 4.09. The number of carbonyl (C=O) groups excluding carboxylic acids is 1. The first kappa shape index (κ1) is 16.3. The Bertz CT molecular complexity index is 531. The molecular weight excluding hydrogens is 286 g/mol. The van der Waals surface area contributed by atoms with Crippen molar-refractivity contribution in [2.75, 3.05) is 25.0 Å². The van der Waals surface area contributed by atoms with Gasteiger partial charge in [0.1, 0.15) is 0 Å². The van der Waals surface area contributed by atoms with Gasteiger partial charge in [-0.1, -0.05) is 18.9 Å². The third-order valence-corrected chi connectivity index (χ3v) is 5.19. The van der Waals surface area contributed by atoms with Gasteiger partial charge in [-0.2, -0.15) is 0 Å². The summed E-state index contributed by atoms with van der Waals surface area (Å²) in [4.78, 5) is 14.7. The first-order chi connectivity index (χ1) is 11.1. The lowest BCUT2D eigenvalue weighted by Crippen LogP contribution is -2.35. The molecule has 1 atom stereocenters. The Morgan fingerprint density at radius 1 is 1.13 bits per heavy atom. The van der Waals surface area contributed by atoms with Crippen LogP contribution in [0.1, 0.15) is 43.2 Å². The standard InChI is InChI=1S/C19H29N3O/c1-14-9-15(2)11-17(10-14)21-19(23)20-12-16-7-8-22(13-16)18-5-3-4-6-18/h9-11,16,18H,3-8,12-13H2,1-2H3,(H2,20,21,23)/t16-/m1/s1. The van der Waals surface area contributed by atoms with E-state index in [2.05, 4.69) is 21.6 Å². The summed E-state index contributed by atoms with van der Waals surface area (Å²) in [6, 6.07) is 6.84. The number of benzene rings is 1. The van der Waals surface area contributed by atoms with Gasteiger partial charge in [0.2, 0.25) is 0 Å². The van der Waals surface area contributed by atoms with Gasteiger partial charge in [0.25, 0.3) is 0 Å². The van der Waals surface area contributed by atoms with Crippen LogP contribution in [0.15, 0.2) is 18.2 Å². The van der Waals surface area contributed by atoms with E-state index in [0.717, 1.165) is 24.8 Å². The molecular formula is C19H29N3O. The Kier molecular flexibility index (Phi) is 5.21. The summed E-state index contributed by atoms with van der Waals surface area (Å²) in [5.74, 6) is 0.598. The van der Waals surface area contributed by atoms with Gasteiger partial charge in [-0.05, 0) is 68.8 Å². The molecule has 126 valence electrons. The van der Waals surface area contributed by atoms with E-state index in [-0.39, 0.29) is 6.03 Å². The third-order valence-electron chi connectivity index (χ3n) is 5.19. The molecule has 2 aliphatic rings. The molecule has 1 aliphatic heterocycles. The summed E-state index contributed by atoms with van der Waals surface area (Å²) in [6.45, 7) is 7.22. The Morgan fingerprint density at radius 2 is 1.83 bits per heavy atom. The number of anilines is 1. The number of nitrogens with zero attached hydrogens (tertiary/aromatic N) is 1. The monoisotopic (exact) mass is 315 g/mol. The smallest absolute Gasteiger partial charge is 0.319 e. The number of urea groups is 1. The molecule has 0 bridgehead atoms. The third kappa shape index (κ3) is 4.47. The number of carbonyl (C=O) groups is 1. The maximum atomic E-state index is 12.1. The summed E-state index contributed by atoms with van der Waals surface area (Å²) >= 11 is 0. The minimum Gasteiger partial charge on any atom is -0.338 e. The molecule has 0 aromatic heterocycles.